The number of primary amides is 1. The SMILES string of the molecule is NC(=O)CCCNCc1ccc(O)cn1. The predicted octanol–water partition coefficient (Wildman–Crippen LogP) is 0.142. The van der Waals surface area contributed by atoms with Gasteiger partial charge >= 0.3 is 0 Å². The molecule has 0 aromatic carbocycles. The number of aromatic hydroxyl groups is 1. The van der Waals surface area contributed by atoms with Gasteiger partial charge < -0.3 is 16.2 Å². The van der Waals surface area contributed by atoms with E-state index in [-0.39, 0.29) is 11.7 Å². The summed E-state index contributed by atoms with van der Waals surface area (Å²) in [6, 6.07) is 3.34. The molecule has 0 aliphatic carbocycles. The van der Waals surface area contributed by atoms with Crippen molar-refractivity contribution in [3.63, 3.8) is 0 Å². The Labute approximate surface area is 88.3 Å². The number of hydrogen-bond donors (Lipinski definition) is 3. The first kappa shape index (κ1) is 11.5. The fourth-order valence-corrected chi connectivity index (χ4v) is 1.13. The molecule has 15 heavy (non-hydrogen) atoms. The maximum absolute atomic E-state index is 10.4. The van der Waals surface area contributed by atoms with Gasteiger partial charge in [0.2, 0.25) is 5.91 Å². The van der Waals surface area contributed by atoms with Crippen LogP contribution in [0.2, 0.25) is 0 Å². The molecule has 0 aliphatic rings. The highest BCUT2D eigenvalue weighted by atomic mass is 16.3. The third-order valence-corrected chi connectivity index (χ3v) is 1.89. The summed E-state index contributed by atoms with van der Waals surface area (Å²) in [5.41, 5.74) is 5.85. The van der Waals surface area contributed by atoms with Crippen LogP contribution in [0, 0.1) is 0 Å². The maximum atomic E-state index is 10.4. The van der Waals surface area contributed by atoms with Gasteiger partial charge in [-0.05, 0) is 25.1 Å². The van der Waals surface area contributed by atoms with Crippen LogP contribution in [0.15, 0.2) is 18.3 Å². The molecule has 0 unspecified atom stereocenters. The minimum absolute atomic E-state index is 0.160. The van der Waals surface area contributed by atoms with Gasteiger partial charge in [0.05, 0.1) is 11.9 Å². The first-order valence-electron chi connectivity index (χ1n) is 4.81. The van der Waals surface area contributed by atoms with Gasteiger partial charge in [-0.1, -0.05) is 0 Å². The molecular weight excluding hydrogens is 194 g/mol. The number of nitrogens with zero attached hydrogens (tertiary/aromatic N) is 1. The molecular formula is C10H15N3O2. The summed E-state index contributed by atoms with van der Waals surface area (Å²) in [6.07, 6.45) is 2.53. The number of hydrogen-bond acceptors (Lipinski definition) is 4. The van der Waals surface area contributed by atoms with E-state index in [1.807, 2.05) is 0 Å². The van der Waals surface area contributed by atoms with E-state index < -0.39 is 0 Å². The van der Waals surface area contributed by atoms with Crippen molar-refractivity contribution in [3.8, 4) is 5.75 Å². The highest BCUT2D eigenvalue weighted by molar-refractivity contribution is 5.73. The molecule has 0 radical (unpaired) electrons. The standard InChI is InChI=1S/C10H15N3O2/c11-10(15)2-1-5-12-6-8-3-4-9(14)7-13-8/h3-4,7,12,14H,1-2,5-6H2,(H2,11,15). The third-order valence-electron chi connectivity index (χ3n) is 1.89. The summed E-state index contributed by atoms with van der Waals surface area (Å²) in [5.74, 6) is -0.118. The number of nitrogens with one attached hydrogen (secondary N) is 1. The van der Waals surface area contributed by atoms with E-state index in [4.69, 9.17) is 10.8 Å². The number of aromatic nitrogens is 1. The van der Waals surface area contributed by atoms with Crippen LogP contribution < -0.4 is 11.1 Å². The molecule has 1 amide bonds. The first-order valence-corrected chi connectivity index (χ1v) is 4.81. The zero-order valence-electron chi connectivity index (χ0n) is 8.44. The third kappa shape index (κ3) is 4.97. The van der Waals surface area contributed by atoms with Crippen LogP contribution >= 0.6 is 0 Å². The molecule has 0 saturated carbocycles. The van der Waals surface area contributed by atoms with Gasteiger partial charge in [0.25, 0.3) is 0 Å². The van der Waals surface area contributed by atoms with Crippen LogP contribution in [0.25, 0.3) is 0 Å². The maximum Gasteiger partial charge on any atom is 0.217 e. The number of rotatable bonds is 6. The second kappa shape index (κ2) is 5.98. The Morgan fingerprint density at radius 3 is 2.93 bits per heavy atom. The Balaban J connectivity index is 2.15. The lowest BCUT2D eigenvalue weighted by Crippen LogP contribution is -2.18. The van der Waals surface area contributed by atoms with Gasteiger partial charge in [-0.15, -0.1) is 0 Å². The molecule has 1 rings (SSSR count). The lowest BCUT2D eigenvalue weighted by molar-refractivity contribution is -0.118. The Morgan fingerprint density at radius 2 is 2.33 bits per heavy atom. The molecule has 4 N–H and O–H groups in total. The molecule has 0 bridgehead atoms. The van der Waals surface area contributed by atoms with E-state index in [0.29, 0.717) is 13.0 Å². The van der Waals surface area contributed by atoms with Gasteiger partial charge in [0, 0.05) is 13.0 Å². The fraction of sp³-hybridized carbons (Fsp3) is 0.400. The van der Waals surface area contributed by atoms with E-state index in [1.54, 1.807) is 12.1 Å². The number of nitrogens with two attached hydrogens (primary N) is 1. The molecule has 82 valence electrons. The zero-order valence-corrected chi connectivity index (χ0v) is 8.44. The second-order valence-corrected chi connectivity index (χ2v) is 3.25. The number of carbonyl (C=O) groups is 1. The topological polar surface area (TPSA) is 88.2 Å². The largest absolute Gasteiger partial charge is 0.506 e. The van der Waals surface area contributed by atoms with Crippen molar-refractivity contribution in [2.24, 2.45) is 5.73 Å². The summed E-state index contributed by atoms with van der Waals surface area (Å²) in [5, 5.41) is 12.1. The van der Waals surface area contributed by atoms with Gasteiger partial charge in [0.1, 0.15) is 5.75 Å². The molecule has 0 atom stereocenters. The highest BCUT2D eigenvalue weighted by Crippen LogP contribution is 2.05. The lowest BCUT2D eigenvalue weighted by Gasteiger charge is -2.03. The van der Waals surface area contributed by atoms with E-state index in [2.05, 4.69) is 10.3 Å². The number of pyridine rings is 1. The van der Waals surface area contributed by atoms with Crippen LogP contribution in [-0.2, 0) is 11.3 Å². The van der Waals surface area contributed by atoms with Crippen molar-refractivity contribution in [1.29, 1.82) is 0 Å². The monoisotopic (exact) mass is 209 g/mol. The zero-order chi connectivity index (χ0) is 11.1. The van der Waals surface area contributed by atoms with Crippen molar-refractivity contribution in [3.05, 3.63) is 24.0 Å². The summed E-state index contributed by atoms with van der Waals surface area (Å²) < 4.78 is 0. The molecule has 0 spiro atoms. The van der Waals surface area contributed by atoms with Crippen molar-refractivity contribution >= 4 is 5.91 Å². The summed E-state index contributed by atoms with van der Waals surface area (Å²) in [6.45, 7) is 1.35. The van der Waals surface area contributed by atoms with E-state index in [0.717, 1.165) is 18.7 Å². The van der Waals surface area contributed by atoms with Gasteiger partial charge in [0.15, 0.2) is 0 Å². The number of carbonyl (C=O) groups excluding carboxylic acids is 1. The summed E-state index contributed by atoms with van der Waals surface area (Å²) in [7, 11) is 0. The summed E-state index contributed by atoms with van der Waals surface area (Å²) >= 11 is 0. The molecule has 5 heteroatoms. The smallest absolute Gasteiger partial charge is 0.217 e. The molecule has 1 aromatic heterocycles. The van der Waals surface area contributed by atoms with Crippen LogP contribution in [0.4, 0.5) is 0 Å². The summed E-state index contributed by atoms with van der Waals surface area (Å²) in [4.78, 5) is 14.4. The number of amides is 1. The Morgan fingerprint density at radius 1 is 1.53 bits per heavy atom. The fourth-order valence-electron chi connectivity index (χ4n) is 1.13. The van der Waals surface area contributed by atoms with Crippen molar-refractivity contribution in [1.82, 2.24) is 10.3 Å². The second-order valence-electron chi connectivity index (χ2n) is 3.25. The van der Waals surface area contributed by atoms with Crippen molar-refractivity contribution in [2.75, 3.05) is 6.54 Å². The Hall–Kier alpha value is -1.62. The van der Waals surface area contributed by atoms with E-state index in [1.165, 1.54) is 6.20 Å². The Kier molecular flexibility index (Phi) is 4.56. The minimum atomic E-state index is -0.278. The molecule has 1 heterocycles. The molecule has 0 aliphatic heterocycles. The van der Waals surface area contributed by atoms with Crippen LogP contribution in [0.1, 0.15) is 18.5 Å². The van der Waals surface area contributed by atoms with Crippen LogP contribution in [0.5, 0.6) is 5.75 Å². The lowest BCUT2D eigenvalue weighted by atomic mass is 10.3. The van der Waals surface area contributed by atoms with Crippen molar-refractivity contribution in [2.45, 2.75) is 19.4 Å². The van der Waals surface area contributed by atoms with E-state index in [9.17, 15) is 4.79 Å². The Bertz CT molecular complexity index is 311. The van der Waals surface area contributed by atoms with Crippen molar-refractivity contribution < 1.29 is 9.90 Å². The molecule has 0 saturated heterocycles. The van der Waals surface area contributed by atoms with Gasteiger partial charge in [-0.3, -0.25) is 9.78 Å². The average Bonchev–Trinajstić information content (AvgIpc) is 2.20. The van der Waals surface area contributed by atoms with Gasteiger partial charge in [-0.25, -0.2) is 0 Å². The molecule has 0 fully saturated rings. The van der Waals surface area contributed by atoms with Crippen LogP contribution in [-0.4, -0.2) is 22.5 Å². The highest BCUT2D eigenvalue weighted by Gasteiger charge is 1.96. The van der Waals surface area contributed by atoms with Crippen LogP contribution in [0.3, 0.4) is 0 Å². The average molecular weight is 209 g/mol. The normalized spacial score (nSPS) is 10.1. The quantitative estimate of drug-likeness (QED) is 0.581. The molecule has 1 aromatic rings. The van der Waals surface area contributed by atoms with E-state index >= 15 is 0 Å². The van der Waals surface area contributed by atoms with Gasteiger partial charge in [-0.2, -0.15) is 0 Å². The predicted molar refractivity (Wildman–Crippen MR) is 56.0 cm³/mol. The molecule has 5 nitrogen and oxygen atoms in total. The first-order chi connectivity index (χ1) is 7.18. The minimum Gasteiger partial charge on any atom is -0.506 e.